The number of H-pyrrole nitrogens is 1. The second-order valence-corrected chi connectivity index (χ2v) is 5.73. The molecule has 0 radical (unpaired) electrons. The van der Waals surface area contributed by atoms with E-state index in [9.17, 15) is 22.9 Å². The summed E-state index contributed by atoms with van der Waals surface area (Å²) in [6, 6.07) is 2.74. The van der Waals surface area contributed by atoms with Gasteiger partial charge in [0.05, 0.1) is 16.8 Å². The van der Waals surface area contributed by atoms with Crippen molar-refractivity contribution in [1.29, 1.82) is 0 Å². The highest BCUT2D eigenvalue weighted by Gasteiger charge is 2.19. The number of aromatic nitrogens is 2. The molecule has 0 bridgehead atoms. The summed E-state index contributed by atoms with van der Waals surface area (Å²) in [6.07, 6.45) is 1.67. The highest BCUT2D eigenvalue weighted by molar-refractivity contribution is 7.92. The molecule has 0 aliphatic carbocycles. The smallest absolute Gasteiger partial charge is 0.304 e. The van der Waals surface area contributed by atoms with Gasteiger partial charge in [-0.25, -0.2) is 4.98 Å². The fraction of sp³-hybridized carbons (Fsp3) is 0.182. The van der Waals surface area contributed by atoms with Crippen LogP contribution in [0, 0.1) is 15.9 Å². The van der Waals surface area contributed by atoms with Crippen LogP contribution in [-0.2, 0) is 16.4 Å². The number of imidazole rings is 1. The maximum absolute atomic E-state index is 13.4. The van der Waals surface area contributed by atoms with Crippen LogP contribution in [0.4, 0.5) is 15.8 Å². The molecule has 0 saturated heterocycles. The molecule has 112 valence electrons. The molecule has 1 heterocycles. The SMILES string of the molecule is CCc1ncc(S(=O)(=O)Nc2ccc([N+](=O)[O-])c(F)c2)[nH]1. The number of aryl methyl sites for hydroxylation is 1. The van der Waals surface area contributed by atoms with E-state index in [4.69, 9.17) is 0 Å². The molecule has 2 aromatic rings. The number of hydrogen-bond donors (Lipinski definition) is 2. The summed E-state index contributed by atoms with van der Waals surface area (Å²) >= 11 is 0. The normalized spacial score (nSPS) is 11.3. The predicted molar refractivity (Wildman–Crippen MR) is 71.8 cm³/mol. The lowest BCUT2D eigenvalue weighted by Gasteiger charge is -2.06. The Hall–Kier alpha value is -2.49. The molecule has 1 aromatic carbocycles. The maximum atomic E-state index is 13.4. The van der Waals surface area contributed by atoms with Crippen molar-refractivity contribution in [2.45, 2.75) is 18.4 Å². The minimum Gasteiger partial charge on any atom is -0.332 e. The van der Waals surface area contributed by atoms with Crippen LogP contribution in [0.3, 0.4) is 0 Å². The number of nitrogens with one attached hydrogen (secondary N) is 2. The topological polar surface area (TPSA) is 118 Å². The maximum Gasteiger partial charge on any atom is 0.304 e. The Morgan fingerprint density at radius 2 is 2.19 bits per heavy atom. The number of anilines is 1. The van der Waals surface area contributed by atoms with E-state index in [0.717, 1.165) is 24.4 Å². The minimum absolute atomic E-state index is 0.120. The predicted octanol–water partition coefficient (Wildman–Crippen LogP) is 1.82. The molecule has 0 spiro atoms. The lowest BCUT2D eigenvalue weighted by Crippen LogP contribution is -2.13. The third-order valence-electron chi connectivity index (χ3n) is 2.63. The molecule has 0 aliphatic heterocycles. The summed E-state index contributed by atoms with van der Waals surface area (Å²) in [7, 11) is -3.96. The second-order valence-electron chi connectivity index (χ2n) is 4.08. The number of benzene rings is 1. The van der Waals surface area contributed by atoms with Crippen LogP contribution >= 0.6 is 0 Å². The van der Waals surface area contributed by atoms with Crippen molar-refractivity contribution in [3.63, 3.8) is 0 Å². The van der Waals surface area contributed by atoms with Crippen LogP contribution in [0.1, 0.15) is 12.7 Å². The molecule has 10 heteroatoms. The summed E-state index contributed by atoms with van der Waals surface area (Å²) in [5, 5.41) is 10.3. The van der Waals surface area contributed by atoms with Crippen molar-refractivity contribution in [3.05, 3.63) is 46.2 Å². The van der Waals surface area contributed by atoms with Gasteiger partial charge in [-0.2, -0.15) is 12.8 Å². The third kappa shape index (κ3) is 3.16. The first kappa shape index (κ1) is 14.9. The third-order valence-corrected chi connectivity index (χ3v) is 3.92. The average Bonchev–Trinajstić information content (AvgIpc) is 2.87. The molecule has 8 nitrogen and oxygen atoms in total. The van der Waals surface area contributed by atoms with E-state index in [0.29, 0.717) is 12.2 Å². The Morgan fingerprint density at radius 1 is 1.48 bits per heavy atom. The Balaban J connectivity index is 2.28. The summed E-state index contributed by atoms with van der Waals surface area (Å²) in [5.41, 5.74) is -0.849. The summed E-state index contributed by atoms with van der Waals surface area (Å²) < 4.78 is 39.6. The van der Waals surface area contributed by atoms with E-state index in [1.165, 1.54) is 0 Å². The van der Waals surface area contributed by atoms with Gasteiger partial charge in [0, 0.05) is 18.6 Å². The van der Waals surface area contributed by atoms with Gasteiger partial charge >= 0.3 is 5.69 Å². The highest BCUT2D eigenvalue weighted by atomic mass is 32.2. The number of hydrogen-bond acceptors (Lipinski definition) is 5. The van der Waals surface area contributed by atoms with Gasteiger partial charge in [-0.15, -0.1) is 0 Å². The zero-order valence-corrected chi connectivity index (χ0v) is 11.6. The molecule has 0 aliphatic rings. The van der Waals surface area contributed by atoms with Crippen molar-refractivity contribution >= 4 is 21.4 Å². The minimum atomic E-state index is -3.96. The van der Waals surface area contributed by atoms with Gasteiger partial charge < -0.3 is 4.98 Å². The van der Waals surface area contributed by atoms with E-state index >= 15 is 0 Å². The van der Waals surface area contributed by atoms with Crippen molar-refractivity contribution in [1.82, 2.24) is 9.97 Å². The largest absolute Gasteiger partial charge is 0.332 e. The van der Waals surface area contributed by atoms with Gasteiger partial charge in [-0.1, -0.05) is 6.92 Å². The quantitative estimate of drug-likeness (QED) is 0.644. The number of aromatic amines is 1. The molecule has 0 fully saturated rings. The summed E-state index contributed by atoms with van der Waals surface area (Å²) in [6.45, 7) is 1.80. The molecule has 2 rings (SSSR count). The molecule has 2 N–H and O–H groups in total. The van der Waals surface area contributed by atoms with Crippen LogP contribution in [0.25, 0.3) is 0 Å². The lowest BCUT2D eigenvalue weighted by atomic mass is 10.3. The first-order valence-corrected chi connectivity index (χ1v) is 7.32. The standard InChI is InChI=1S/C11H11FN4O4S/c1-2-10-13-6-11(14-10)21(19,20)15-7-3-4-9(16(17)18)8(12)5-7/h3-6,15H,2H2,1H3,(H,13,14). The number of halogens is 1. The second kappa shape index (κ2) is 5.48. The van der Waals surface area contributed by atoms with Gasteiger partial charge in [0.1, 0.15) is 5.82 Å². The van der Waals surface area contributed by atoms with E-state index < -0.39 is 26.5 Å². The average molecular weight is 314 g/mol. The van der Waals surface area contributed by atoms with Crippen LogP contribution < -0.4 is 4.72 Å². The van der Waals surface area contributed by atoms with E-state index in [1.54, 1.807) is 6.92 Å². The molecule has 1 aromatic heterocycles. The highest BCUT2D eigenvalue weighted by Crippen LogP contribution is 2.22. The molecule has 0 unspecified atom stereocenters. The van der Waals surface area contributed by atoms with Crippen molar-refractivity contribution in [2.75, 3.05) is 4.72 Å². The van der Waals surface area contributed by atoms with E-state index in [-0.39, 0.29) is 10.7 Å². The van der Waals surface area contributed by atoms with Crippen molar-refractivity contribution in [3.8, 4) is 0 Å². The number of sulfonamides is 1. The lowest BCUT2D eigenvalue weighted by molar-refractivity contribution is -0.387. The first-order valence-electron chi connectivity index (χ1n) is 5.84. The molecule has 0 atom stereocenters. The van der Waals surface area contributed by atoms with Crippen LogP contribution in [-0.4, -0.2) is 23.3 Å². The van der Waals surface area contributed by atoms with Gasteiger partial charge in [0.2, 0.25) is 5.82 Å². The summed E-state index contributed by atoms with van der Waals surface area (Å²) in [4.78, 5) is 16.1. The molecule has 21 heavy (non-hydrogen) atoms. The number of nitrogens with zero attached hydrogens (tertiary/aromatic N) is 2. The zero-order valence-electron chi connectivity index (χ0n) is 10.8. The molecular weight excluding hydrogens is 303 g/mol. The Morgan fingerprint density at radius 3 is 2.71 bits per heavy atom. The van der Waals surface area contributed by atoms with E-state index in [1.807, 2.05) is 0 Å². The number of rotatable bonds is 5. The Kier molecular flexibility index (Phi) is 3.89. The monoisotopic (exact) mass is 314 g/mol. The Bertz CT molecular complexity index is 787. The fourth-order valence-electron chi connectivity index (χ4n) is 1.59. The van der Waals surface area contributed by atoms with Crippen LogP contribution in [0.2, 0.25) is 0 Å². The van der Waals surface area contributed by atoms with E-state index in [2.05, 4.69) is 14.7 Å². The first-order chi connectivity index (χ1) is 9.83. The van der Waals surface area contributed by atoms with Crippen LogP contribution in [0.5, 0.6) is 0 Å². The van der Waals surface area contributed by atoms with Crippen molar-refractivity contribution in [2.24, 2.45) is 0 Å². The molecular formula is C11H11FN4O4S. The Labute approximate surface area is 119 Å². The fourth-order valence-corrected chi connectivity index (χ4v) is 2.58. The van der Waals surface area contributed by atoms with Gasteiger partial charge in [-0.05, 0) is 6.07 Å². The molecule has 0 amide bonds. The van der Waals surface area contributed by atoms with Crippen molar-refractivity contribution < 1.29 is 17.7 Å². The zero-order chi connectivity index (χ0) is 15.6. The number of nitro benzene ring substituents is 1. The molecule has 0 saturated carbocycles. The number of nitro groups is 1. The van der Waals surface area contributed by atoms with Crippen LogP contribution in [0.15, 0.2) is 29.4 Å². The van der Waals surface area contributed by atoms with Gasteiger partial charge in [0.15, 0.2) is 5.03 Å². The van der Waals surface area contributed by atoms with Gasteiger partial charge in [-0.3, -0.25) is 14.8 Å². The summed E-state index contributed by atoms with van der Waals surface area (Å²) in [5.74, 6) is -0.635. The van der Waals surface area contributed by atoms with Gasteiger partial charge in [0.25, 0.3) is 10.0 Å².